The van der Waals surface area contributed by atoms with Crippen molar-refractivity contribution in [3.05, 3.63) is 48.7 Å². The Hall–Kier alpha value is -1.49. The van der Waals surface area contributed by atoms with Gasteiger partial charge in [-0.2, -0.15) is 0 Å². The van der Waals surface area contributed by atoms with Gasteiger partial charge >= 0.3 is 0 Å². The van der Waals surface area contributed by atoms with Crippen LogP contribution in [-0.2, 0) is 0 Å². The number of hydrogen-bond donors (Lipinski definition) is 1. The zero-order valence-electron chi connectivity index (χ0n) is 11.6. The van der Waals surface area contributed by atoms with Crippen LogP contribution in [0, 0.1) is 0 Å². The molecule has 0 bridgehead atoms. The van der Waals surface area contributed by atoms with Crippen LogP contribution in [0.15, 0.2) is 48.7 Å². The van der Waals surface area contributed by atoms with Crippen LogP contribution in [0.3, 0.4) is 0 Å². The minimum atomic E-state index is 0. The third-order valence-corrected chi connectivity index (χ3v) is 3.14. The minimum absolute atomic E-state index is 0. The highest BCUT2D eigenvalue weighted by atomic mass is 35.5. The maximum Gasteiger partial charge on any atom is 0.172 e. The van der Waals surface area contributed by atoms with Crippen molar-refractivity contribution in [2.45, 2.75) is 0 Å². The summed E-state index contributed by atoms with van der Waals surface area (Å²) in [7, 11) is 0. The average Bonchev–Trinajstić information content (AvgIpc) is 2.50. The molecule has 0 spiro atoms. The van der Waals surface area contributed by atoms with E-state index in [4.69, 9.17) is 4.74 Å². The minimum Gasteiger partial charge on any atom is -0.453 e. The van der Waals surface area contributed by atoms with E-state index in [-0.39, 0.29) is 24.8 Å². The van der Waals surface area contributed by atoms with E-state index in [1.165, 1.54) is 0 Å². The van der Waals surface area contributed by atoms with Gasteiger partial charge in [0.25, 0.3) is 0 Å². The summed E-state index contributed by atoms with van der Waals surface area (Å²) < 4.78 is 5.94. The second-order valence-corrected chi connectivity index (χ2v) is 4.48. The second-order valence-electron chi connectivity index (χ2n) is 4.48. The smallest absolute Gasteiger partial charge is 0.172 e. The number of nitrogens with one attached hydrogen (secondary N) is 1. The molecule has 1 aliphatic heterocycles. The van der Waals surface area contributed by atoms with Gasteiger partial charge < -0.3 is 15.0 Å². The largest absolute Gasteiger partial charge is 0.453 e. The van der Waals surface area contributed by atoms with Crippen molar-refractivity contribution >= 4 is 30.6 Å². The van der Waals surface area contributed by atoms with Crippen LogP contribution in [0.25, 0.3) is 0 Å². The number of aromatic nitrogens is 1. The SMILES string of the molecule is Cl.Cl.c1ccc(Oc2cccnc2N2CCNCC2)cc1. The maximum absolute atomic E-state index is 5.94. The average molecular weight is 328 g/mol. The lowest BCUT2D eigenvalue weighted by Gasteiger charge is -2.29. The summed E-state index contributed by atoms with van der Waals surface area (Å²) in [6.45, 7) is 3.90. The monoisotopic (exact) mass is 327 g/mol. The van der Waals surface area contributed by atoms with Gasteiger partial charge in [-0.05, 0) is 24.3 Å². The molecule has 1 fully saturated rings. The molecule has 1 aromatic carbocycles. The standard InChI is InChI=1S/C15H17N3O.2ClH/c1-2-5-13(6-3-1)19-14-7-4-8-17-15(14)18-11-9-16-10-12-18;;/h1-8,16H,9-12H2;2*1H. The molecule has 0 radical (unpaired) electrons. The summed E-state index contributed by atoms with van der Waals surface area (Å²) >= 11 is 0. The predicted molar refractivity (Wildman–Crippen MR) is 90.3 cm³/mol. The number of anilines is 1. The van der Waals surface area contributed by atoms with E-state index in [2.05, 4.69) is 15.2 Å². The Kier molecular flexibility index (Phi) is 7.29. The number of pyridine rings is 1. The third-order valence-electron chi connectivity index (χ3n) is 3.14. The first-order chi connectivity index (χ1) is 9.43. The summed E-state index contributed by atoms with van der Waals surface area (Å²) in [6.07, 6.45) is 1.81. The van der Waals surface area contributed by atoms with E-state index >= 15 is 0 Å². The summed E-state index contributed by atoms with van der Waals surface area (Å²) in [5.74, 6) is 2.58. The highest BCUT2D eigenvalue weighted by Crippen LogP contribution is 2.29. The van der Waals surface area contributed by atoms with Crippen molar-refractivity contribution < 1.29 is 4.74 Å². The summed E-state index contributed by atoms with van der Waals surface area (Å²) in [6, 6.07) is 13.7. The Morgan fingerprint density at radius 1 is 0.952 bits per heavy atom. The van der Waals surface area contributed by atoms with E-state index in [9.17, 15) is 0 Å². The molecule has 0 amide bonds. The summed E-state index contributed by atoms with van der Waals surface area (Å²) in [5.41, 5.74) is 0. The molecule has 1 N–H and O–H groups in total. The van der Waals surface area contributed by atoms with Crippen molar-refractivity contribution in [2.75, 3.05) is 31.1 Å². The van der Waals surface area contributed by atoms with Crippen LogP contribution >= 0.6 is 24.8 Å². The molecule has 2 aromatic rings. The topological polar surface area (TPSA) is 37.4 Å². The molecule has 4 nitrogen and oxygen atoms in total. The third kappa shape index (κ3) is 4.49. The van der Waals surface area contributed by atoms with Gasteiger partial charge in [-0.3, -0.25) is 0 Å². The highest BCUT2D eigenvalue weighted by molar-refractivity contribution is 5.85. The second kappa shape index (κ2) is 8.72. The zero-order valence-corrected chi connectivity index (χ0v) is 13.2. The van der Waals surface area contributed by atoms with Gasteiger partial charge in [-0.15, -0.1) is 24.8 Å². The van der Waals surface area contributed by atoms with E-state index in [0.717, 1.165) is 43.5 Å². The molecule has 0 unspecified atom stereocenters. The van der Waals surface area contributed by atoms with E-state index in [0.29, 0.717) is 0 Å². The highest BCUT2D eigenvalue weighted by Gasteiger charge is 2.16. The maximum atomic E-state index is 5.94. The van der Waals surface area contributed by atoms with Crippen molar-refractivity contribution in [3.63, 3.8) is 0 Å². The summed E-state index contributed by atoms with van der Waals surface area (Å²) in [5, 5.41) is 3.34. The molecule has 21 heavy (non-hydrogen) atoms. The molecule has 6 heteroatoms. The van der Waals surface area contributed by atoms with Crippen molar-refractivity contribution in [2.24, 2.45) is 0 Å². The fraction of sp³-hybridized carbons (Fsp3) is 0.267. The van der Waals surface area contributed by atoms with Crippen molar-refractivity contribution in [1.82, 2.24) is 10.3 Å². The number of ether oxygens (including phenoxy) is 1. The molecular formula is C15H19Cl2N3O. The fourth-order valence-electron chi connectivity index (χ4n) is 2.19. The number of hydrogen-bond acceptors (Lipinski definition) is 4. The molecule has 1 aliphatic rings. The number of rotatable bonds is 3. The van der Waals surface area contributed by atoms with Crippen LogP contribution in [0.5, 0.6) is 11.5 Å². The van der Waals surface area contributed by atoms with Crippen molar-refractivity contribution in [3.8, 4) is 11.5 Å². The van der Waals surface area contributed by atoms with Gasteiger partial charge in [0.1, 0.15) is 5.75 Å². The fourth-order valence-corrected chi connectivity index (χ4v) is 2.19. The lowest BCUT2D eigenvalue weighted by molar-refractivity contribution is 0.475. The quantitative estimate of drug-likeness (QED) is 0.939. The molecule has 0 aliphatic carbocycles. The Balaban J connectivity index is 0.00000110. The molecule has 0 saturated carbocycles. The molecule has 0 atom stereocenters. The normalized spacial score (nSPS) is 13.8. The Morgan fingerprint density at radius 2 is 1.67 bits per heavy atom. The predicted octanol–water partition coefficient (Wildman–Crippen LogP) is 3.13. The van der Waals surface area contributed by atoms with E-state index in [1.807, 2.05) is 48.7 Å². The van der Waals surface area contributed by atoms with Crippen LogP contribution in [0.4, 0.5) is 5.82 Å². The first-order valence-electron chi connectivity index (χ1n) is 6.57. The summed E-state index contributed by atoms with van der Waals surface area (Å²) in [4.78, 5) is 6.73. The first kappa shape index (κ1) is 17.6. The van der Waals surface area contributed by atoms with Gasteiger partial charge in [0.05, 0.1) is 0 Å². The van der Waals surface area contributed by atoms with Gasteiger partial charge in [0, 0.05) is 32.4 Å². The molecule has 114 valence electrons. The molecule has 1 saturated heterocycles. The van der Waals surface area contributed by atoms with Crippen LogP contribution in [0.1, 0.15) is 0 Å². The van der Waals surface area contributed by atoms with Crippen LogP contribution in [0.2, 0.25) is 0 Å². The zero-order chi connectivity index (χ0) is 12.9. The number of nitrogens with zero attached hydrogens (tertiary/aromatic N) is 2. The van der Waals surface area contributed by atoms with Crippen LogP contribution in [-0.4, -0.2) is 31.2 Å². The van der Waals surface area contributed by atoms with Gasteiger partial charge in [-0.25, -0.2) is 4.98 Å². The van der Waals surface area contributed by atoms with Gasteiger partial charge in [0.2, 0.25) is 0 Å². The molecule has 1 aromatic heterocycles. The molecular weight excluding hydrogens is 309 g/mol. The van der Waals surface area contributed by atoms with Gasteiger partial charge in [-0.1, -0.05) is 18.2 Å². The number of para-hydroxylation sites is 1. The Morgan fingerprint density at radius 3 is 2.38 bits per heavy atom. The molecule has 2 heterocycles. The first-order valence-corrected chi connectivity index (χ1v) is 6.57. The number of piperazine rings is 1. The number of benzene rings is 1. The number of halogens is 2. The Bertz CT molecular complexity index is 533. The van der Waals surface area contributed by atoms with Crippen LogP contribution < -0.4 is 15.0 Å². The molecule has 3 rings (SSSR count). The lowest BCUT2D eigenvalue weighted by atomic mass is 10.3. The van der Waals surface area contributed by atoms with E-state index < -0.39 is 0 Å². The Labute approximate surface area is 137 Å². The van der Waals surface area contributed by atoms with E-state index in [1.54, 1.807) is 0 Å². The lowest BCUT2D eigenvalue weighted by Crippen LogP contribution is -2.44. The van der Waals surface area contributed by atoms with Crippen molar-refractivity contribution in [1.29, 1.82) is 0 Å². The van der Waals surface area contributed by atoms with Gasteiger partial charge in [0.15, 0.2) is 11.6 Å².